The van der Waals surface area contributed by atoms with Crippen molar-refractivity contribution in [2.24, 2.45) is 5.92 Å². The summed E-state index contributed by atoms with van der Waals surface area (Å²) in [6, 6.07) is 5.29. The number of aromatic hydroxyl groups is 1. The highest BCUT2D eigenvalue weighted by molar-refractivity contribution is 5.36. The lowest BCUT2D eigenvalue weighted by atomic mass is 10.1. The van der Waals surface area contributed by atoms with E-state index in [-0.39, 0.29) is 5.75 Å². The Morgan fingerprint density at radius 3 is 2.57 bits per heavy atom. The molecule has 78 valence electrons. The lowest BCUT2D eigenvalue weighted by Crippen LogP contribution is -2.01. The maximum atomic E-state index is 9.32. The van der Waals surface area contributed by atoms with Gasteiger partial charge in [-0.3, -0.25) is 0 Å². The van der Waals surface area contributed by atoms with Crippen LogP contribution in [0.4, 0.5) is 0 Å². The van der Waals surface area contributed by atoms with Crippen LogP contribution in [0.5, 0.6) is 11.5 Å². The van der Waals surface area contributed by atoms with Gasteiger partial charge in [-0.25, -0.2) is 0 Å². The van der Waals surface area contributed by atoms with E-state index in [2.05, 4.69) is 13.8 Å². The molecule has 0 heterocycles. The first kappa shape index (κ1) is 10.9. The summed E-state index contributed by atoms with van der Waals surface area (Å²) in [6.07, 6.45) is 1.04. The molecule has 0 atom stereocenters. The molecule has 0 amide bonds. The fraction of sp³-hybridized carbons (Fsp3) is 0.500. The lowest BCUT2D eigenvalue weighted by molar-refractivity contribution is 0.288. The highest BCUT2D eigenvalue weighted by Crippen LogP contribution is 2.21. The van der Waals surface area contributed by atoms with E-state index in [0.717, 1.165) is 17.7 Å². The normalized spacial score (nSPS) is 10.6. The van der Waals surface area contributed by atoms with Gasteiger partial charge in [0.25, 0.3) is 0 Å². The van der Waals surface area contributed by atoms with Crippen LogP contribution in [0.15, 0.2) is 18.2 Å². The van der Waals surface area contributed by atoms with Gasteiger partial charge in [0.05, 0.1) is 6.61 Å². The molecular formula is C12H18O2. The highest BCUT2D eigenvalue weighted by atomic mass is 16.5. The number of hydrogen-bond acceptors (Lipinski definition) is 2. The molecular weight excluding hydrogens is 176 g/mol. The number of rotatable bonds is 4. The molecule has 0 aromatic heterocycles. The Kier molecular flexibility index (Phi) is 3.81. The topological polar surface area (TPSA) is 29.5 Å². The van der Waals surface area contributed by atoms with Crippen molar-refractivity contribution in [3.63, 3.8) is 0 Å². The smallest absolute Gasteiger partial charge is 0.123 e. The predicted octanol–water partition coefficient (Wildman–Crippen LogP) is 3.13. The molecule has 14 heavy (non-hydrogen) atoms. The molecule has 0 saturated heterocycles. The van der Waals surface area contributed by atoms with Crippen LogP contribution in [0, 0.1) is 12.8 Å². The van der Waals surface area contributed by atoms with Gasteiger partial charge in [0.1, 0.15) is 11.5 Å². The van der Waals surface area contributed by atoms with Crippen molar-refractivity contribution in [1.82, 2.24) is 0 Å². The molecule has 0 spiro atoms. The van der Waals surface area contributed by atoms with Crippen molar-refractivity contribution in [2.75, 3.05) is 6.61 Å². The molecule has 0 unspecified atom stereocenters. The van der Waals surface area contributed by atoms with Crippen LogP contribution >= 0.6 is 0 Å². The van der Waals surface area contributed by atoms with Gasteiger partial charge in [-0.15, -0.1) is 0 Å². The van der Waals surface area contributed by atoms with Gasteiger partial charge in [0, 0.05) is 6.07 Å². The van der Waals surface area contributed by atoms with E-state index >= 15 is 0 Å². The zero-order valence-corrected chi connectivity index (χ0v) is 9.08. The fourth-order valence-corrected chi connectivity index (χ4v) is 1.22. The van der Waals surface area contributed by atoms with E-state index in [1.807, 2.05) is 13.0 Å². The molecule has 0 aliphatic rings. The van der Waals surface area contributed by atoms with Crippen molar-refractivity contribution < 1.29 is 9.84 Å². The van der Waals surface area contributed by atoms with E-state index in [0.29, 0.717) is 12.5 Å². The molecule has 0 bridgehead atoms. The van der Waals surface area contributed by atoms with Crippen LogP contribution in [0.2, 0.25) is 0 Å². The van der Waals surface area contributed by atoms with Crippen molar-refractivity contribution >= 4 is 0 Å². The fourth-order valence-electron chi connectivity index (χ4n) is 1.22. The van der Waals surface area contributed by atoms with Gasteiger partial charge in [-0.05, 0) is 37.0 Å². The van der Waals surface area contributed by atoms with Crippen molar-refractivity contribution in [3.8, 4) is 11.5 Å². The summed E-state index contributed by atoms with van der Waals surface area (Å²) in [5.41, 5.74) is 1.02. The van der Waals surface area contributed by atoms with Crippen LogP contribution in [0.3, 0.4) is 0 Å². The summed E-state index contributed by atoms with van der Waals surface area (Å²) in [7, 11) is 0. The minimum atomic E-state index is 0.268. The first-order chi connectivity index (χ1) is 6.58. The van der Waals surface area contributed by atoms with Crippen LogP contribution in [-0.2, 0) is 0 Å². The maximum absolute atomic E-state index is 9.32. The third-order valence-corrected chi connectivity index (χ3v) is 2.00. The zero-order valence-electron chi connectivity index (χ0n) is 9.08. The van der Waals surface area contributed by atoms with Gasteiger partial charge >= 0.3 is 0 Å². The summed E-state index contributed by atoms with van der Waals surface area (Å²) < 4.78 is 5.52. The third-order valence-electron chi connectivity index (χ3n) is 2.00. The van der Waals surface area contributed by atoms with E-state index < -0.39 is 0 Å². The predicted molar refractivity (Wildman–Crippen MR) is 57.8 cm³/mol. The first-order valence-corrected chi connectivity index (χ1v) is 5.01. The molecule has 0 aliphatic carbocycles. The largest absolute Gasteiger partial charge is 0.508 e. The average Bonchev–Trinajstić information content (AvgIpc) is 2.01. The first-order valence-electron chi connectivity index (χ1n) is 5.01. The quantitative estimate of drug-likeness (QED) is 0.798. The molecule has 2 nitrogen and oxygen atoms in total. The molecule has 2 heteroatoms. The molecule has 1 rings (SSSR count). The average molecular weight is 194 g/mol. The number of hydrogen-bond donors (Lipinski definition) is 1. The summed E-state index contributed by atoms with van der Waals surface area (Å²) in [5, 5.41) is 9.32. The second-order valence-corrected chi connectivity index (χ2v) is 4.04. The summed E-state index contributed by atoms with van der Waals surface area (Å²) in [5.74, 6) is 1.67. The monoisotopic (exact) mass is 194 g/mol. The highest BCUT2D eigenvalue weighted by Gasteiger charge is 1.99. The van der Waals surface area contributed by atoms with Crippen LogP contribution in [-0.4, -0.2) is 11.7 Å². The molecule has 0 saturated carbocycles. The van der Waals surface area contributed by atoms with Gasteiger partial charge in [-0.1, -0.05) is 13.8 Å². The number of ether oxygens (including phenoxy) is 1. The van der Waals surface area contributed by atoms with Crippen molar-refractivity contribution in [3.05, 3.63) is 23.8 Å². The Balaban J connectivity index is 2.50. The van der Waals surface area contributed by atoms with Crippen molar-refractivity contribution in [1.29, 1.82) is 0 Å². The van der Waals surface area contributed by atoms with Gasteiger partial charge < -0.3 is 9.84 Å². The third kappa shape index (κ3) is 3.69. The molecule has 1 aromatic rings. The summed E-state index contributed by atoms with van der Waals surface area (Å²) in [6.45, 7) is 6.98. The second kappa shape index (κ2) is 4.89. The van der Waals surface area contributed by atoms with Gasteiger partial charge in [0.15, 0.2) is 0 Å². The van der Waals surface area contributed by atoms with E-state index in [1.54, 1.807) is 12.1 Å². The molecule has 1 N–H and O–H groups in total. The van der Waals surface area contributed by atoms with Crippen LogP contribution in [0.25, 0.3) is 0 Å². The van der Waals surface area contributed by atoms with E-state index in [9.17, 15) is 5.11 Å². The van der Waals surface area contributed by atoms with Gasteiger partial charge in [0.2, 0.25) is 0 Å². The number of aryl methyl sites for hydroxylation is 1. The van der Waals surface area contributed by atoms with E-state index in [1.165, 1.54) is 0 Å². The Morgan fingerprint density at radius 1 is 1.29 bits per heavy atom. The number of benzene rings is 1. The second-order valence-electron chi connectivity index (χ2n) is 4.04. The SMILES string of the molecule is Cc1cc(O)cc(OCCC(C)C)c1. The molecule has 0 fully saturated rings. The van der Waals surface area contributed by atoms with Gasteiger partial charge in [-0.2, -0.15) is 0 Å². The Labute approximate surface area is 85.5 Å². The molecule has 0 aliphatic heterocycles. The Bertz CT molecular complexity index is 272. The molecule has 0 radical (unpaired) electrons. The Morgan fingerprint density at radius 2 is 2.00 bits per heavy atom. The number of phenolic OH excluding ortho intramolecular Hbond substituents is 1. The van der Waals surface area contributed by atoms with Crippen molar-refractivity contribution in [2.45, 2.75) is 27.2 Å². The Hall–Kier alpha value is -1.18. The maximum Gasteiger partial charge on any atom is 0.123 e. The lowest BCUT2D eigenvalue weighted by Gasteiger charge is -2.08. The standard InChI is InChI=1S/C12H18O2/c1-9(2)4-5-14-12-7-10(3)6-11(13)8-12/h6-9,13H,4-5H2,1-3H3. The summed E-state index contributed by atoms with van der Waals surface area (Å²) >= 11 is 0. The minimum absolute atomic E-state index is 0.268. The van der Waals surface area contributed by atoms with E-state index in [4.69, 9.17) is 4.74 Å². The summed E-state index contributed by atoms with van der Waals surface area (Å²) in [4.78, 5) is 0. The van der Waals surface area contributed by atoms with Crippen LogP contribution in [0.1, 0.15) is 25.8 Å². The molecule has 1 aromatic carbocycles. The minimum Gasteiger partial charge on any atom is -0.508 e. The zero-order chi connectivity index (χ0) is 10.6. The van der Waals surface area contributed by atoms with Crippen LogP contribution < -0.4 is 4.74 Å². The number of phenols is 1.